The highest BCUT2D eigenvalue weighted by Gasteiger charge is 2.23. The van der Waals surface area contributed by atoms with Crippen molar-refractivity contribution in [1.29, 1.82) is 0 Å². The van der Waals surface area contributed by atoms with E-state index in [1.165, 1.54) is 11.3 Å². The molecule has 2 unspecified atom stereocenters. The molecule has 1 amide bonds. The van der Waals surface area contributed by atoms with Crippen molar-refractivity contribution in [1.82, 2.24) is 9.88 Å². The van der Waals surface area contributed by atoms with Crippen LogP contribution in [0.3, 0.4) is 0 Å². The molecule has 5 nitrogen and oxygen atoms in total. The summed E-state index contributed by atoms with van der Waals surface area (Å²) in [6, 6.07) is 2.85. The lowest BCUT2D eigenvalue weighted by atomic mass is 10.2. The number of aromatic nitrogens is 1. The first-order valence-electron chi connectivity index (χ1n) is 7.99. The van der Waals surface area contributed by atoms with Crippen LogP contribution in [-0.4, -0.2) is 41.1 Å². The molecule has 0 spiro atoms. The molecule has 1 saturated heterocycles. The van der Waals surface area contributed by atoms with E-state index in [4.69, 9.17) is 4.74 Å². The fourth-order valence-electron chi connectivity index (χ4n) is 2.92. The number of thiazole rings is 1. The van der Waals surface area contributed by atoms with Crippen molar-refractivity contribution < 1.29 is 18.3 Å². The second-order valence-corrected chi connectivity index (χ2v) is 7.03. The van der Waals surface area contributed by atoms with Crippen molar-refractivity contribution in [3.05, 3.63) is 46.5 Å². The van der Waals surface area contributed by atoms with Crippen molar-refractivity contribution >= 4 is 22.4 Å². The lowest BCUT2D eigenvalue weighted by Crippen LogP contribution is -2.44. The first-order chi connectivity index (χ1) is 11.9. The number of nitrogens with one attached hydrogen (secondary N) is 1. The largest absolute Gasteiger partial charge is 0.373 e. The van der Waals surface area contributed by atoms with Gasteiger partial charge in [-0.15, -0.1) is 11.3 Å². The molecule has 134 valence electrons. The Morgan fingerprint density at radius 2 is 2.08 bits per heavy atom. The van der Waals surface area contributed by atoms with Gasteiger partial charge in [0.25, 0.3) is 5.91 Å². The van der Waals surface area contributed by atoms with Gasteiger partial charge in [-0.1, -0.05) is 0 Å². The fraction of sp³-hybridized carbons (Fsp3) is 0.412. The third-order valence-electron chi connectivity index (χ3n) is 3.83. The highest BCUT2D eigenvalue weighted by Crippen LogP contribution is 2.20. The van der Waals surface area contributed by atoms with Crippen LogP contribution >= 0.6 is 11.3 Å². The van der Waals surface area contributed by atoms with Gasteiger partial charge in [0.05, 0.1) is 23.5 Å². The number of carbonyl (C=O) groups excluding carboxylic acids is 1. The number of carbonyl (C=O) groups is 1. The van der Waals surface area contributed by atoms with Gasteiger partial charge >= 0.3 is 0 Å². The van der Waals surface area contributed by atoms with E-state index in [9.17, 15) is 13.6 Å². The molecular weight excluding hydrogens is 348 g/mol. The number of halogens is 2. The van der Waals surface area contributed by atoms with Gasteiger partial charge in [0.1, 0.15) is 11.6 Å². The number of nitrogens with zero attached hydrogens (tertiary/aromatic N) is 2. The average molecular weight is 367 g/mol. The molecule has 8 heteroatoms. The van der Waals surface area contributed by atoms with Crippen molar-refractivity contribution in [2.24, 2.45) is 0 Å². The molecule has 0 aliphatic carbocycles. The number of hydrogen-bond donors (Lipinski definition) is 1. The minimum absolute atomic E-state index is 0.169. The number of amides is 1. The van der Waals surface area contributed by atoms with Crippen LogP contribution in [-0.2, 0) is 11.3 Å². The van der Waals surface area contributed by atoms with Gasteiger partial charge in [0.2, 0.25) is 0 Å². The molecule has 1 aliphatic heterocycles. The fourth-order valence-corrected chi connectivity index (χ4v) is 3.61. The normalized spacial score (nSPS) is 21.3. The van der Waals surface area contributed by atoms with Crippen LogP contribution in [0.25, 0.3) is 0 Å². The van der Waals surface area contributed by atoms with Crippen molar-refractivity contribution in [2.75, 3.05) is 18.4 Å². The molecule has 1 aromatic heterocycles. The molecule has 3 rings (SSSR count). The average Bonchev–Trinajstić information content (AvgIpc) is 2.92. The van der Waals surface area contributed by atoms with Crippen LogP contribution in [0, 0.1) is 11.6 Å². The number of rotatable bonds is 4. The van der Waals surface area contributed by atoms with Crippen LogP contribution in [0.4, 0.5) is 13.9 Å². The molecule has 2 heterocycles. The summed E-state index contributed by atoms with van der Waals surface area (Å²) < 4.78 is 32.3. The minimum Gasteiger partial charge on any atom is -0.373 e. The number of hydrogen-bond acceptors (Lipinski definition) is 5. The predicted molar refractivity (Wildman–Crippen MR) is 91.7 cm³/mol. The molecule has 0 radical (unpaired) electrons. The zero-order valence-corrected chi connectivity index (χ0v) is 14.8. The number of benzene rings is 1. The molecule has 1 aromatic carbocycles. The molecule has 1 aliphatic rings. The highest BCUT2D eigenvalue weighted by molar-refractivity contribution is 7.13. The molecule has 2 aromatic rings. The lowest BCUT2D eigenvalue weighted by Gasteiger charge is -2.34. The van der Waals surface area contributed by atoms with Gasteiger partial charge < -0.3 is 4.74 Å². The molecule has 2 atom stereocenters. The van der Waals surface area contributed by atoms with Crippen LogP contribution < -0.4 is 5.32 Å². The molecule has 0 saturated carbocycles. The Morgan fingerprint density at radius 3 is 2.76 bits per heavy atom. The predicted octanol–water partition coefficient (Wildman–Crippen LogP) is 3.28. The van der Waals surface area contributed by atoms with Crippen LogP contribution in [0.2, 0.25) is 0 Å². The van der Waals surface area contributed by atoms with Gasteiger partial charge in [-0.25, -0.2) is 13.8 Å². The standard InChI is InChI=1S/C17H19F2N3O2S/c1-10-6-22(7-11(2)24-10)8-13-9-25-17(20-13)21-16(23)14-4-3-12(18)5-15(14)19/h3-5,9-11H,6-8H2,1-2H3,(H,20,21,23). The summed E-state index contributed by atoms with van der Waals surface area (Å²) in [6.45, 7) is 6.38. The van der Waals surface area contributed by atoms with E-state index in [1.54, 1.807) is 0 Å². The van der Waals surface area contributed by atoms with Gasteiger partial charge in [-0.3, -0.25) is 15.0 Å². The summed E-state index contributed by atoms with van der Waals surface area (Å²) in [6.07, 6.45) is 0.339. The van der Waals surface area contributed by atoms with E-state index < -0.39 is 17.5 Å². The molecular formula is C17H19F2N3O2S. The molecule has 0 bridgehead atoms. The summed E-state index contributed by atoms with van der Waals surface area (Å²) in [5.41, 5.74) is 0.621. The Kier molecular flexibility index (Phi) is 5.41. The monoisotopic (exact) mass is 367 g/mol. The summed E-state index contributed by atoms with van der Waals surface area (Å²) in [7, 11) is 0. The first kappa shape index (κ1) is 17.9. The van der Waals surface area contributed by atoms with E-state index in [1.807, 2.05) is 19.2 Å². The van der Waals surface area contributed by atoms with Crippen molar-refractivity contribution in [3.8, 4) is 0 Å². The first-order valence-corrected chi connectivity index (χ1v) is 8.87. The summed E-state index contributed by atoms with van der Waals surface area (Å²) in [4.78, 5) is 18.7. The molecule has 1 N–H and O–H groups in total. The van der Waals surface area contributed by atoms with Gasteiger partial charge in [-0.2, -0.15) is 0 Å². The Labute approximate surface area is 148 Å². The van der Waals surface area contributed by atoms with E-state index in [-0.39, 0.29) is 17.8 Å². The van der Waals surface area contributed by atoms with Crippen LogP contribution in [0.5, 0.6) is 0 Å². The number of morpholine rings is 1. The smallest absolute Gasteiger partial charge is 0.260 e. The van der Waals surface area contributed by atoms with E-state index in [0.717, 1.165) is 30.9 Å². The second kappa shape index (κ2) is 7.55. The maximum atomic E-state index is 13.7. The quantitative estimate of drug-likeness (QED) is 0.901. The zero-order chi connectivity index (χ0) is 18.0. The third-order valence-corrected chi connectivity index (χ3v) is 4.64. The van der Waals surface area contributed by atoms with Crippen molar-refractivity contribution in [3.63, 3.8) is 0 Å². The van der Waals surface area contributed by atoms with Gasteiger partial charge in [0, 0.05) is 31.1 Å². The Bertz CT molecular complexity index is 758. The minimum atomic E-state index is -0.898. The van der Waals surface area contributed by atoms with Gasteiger partial charge in [-0.05, 0) is 26.0 Å². The van der Waals surface area contributed by atoms with E-state index in [2.05, 4.69) is 15.2 Å². The third kappa shape index (κ3) is 4.59. The SMILES string of the molecule is CC1CN(Cc2csc(NC(=O)c3ccc(F)cc3F)n2)CC(C)O1. The maximum absolute atomic E-state index is 13.7. The summed E-state index contributed by atoms with van der Waals surface area (Å²) in [5, 5.41) is 4.81. The zero-order valence-electron chi connectivity index (χ0n) is 14.0. The summed E-state index contributed by atoms with van der Waals surface area (Å²) >= 11 is 1.27. The molecule has 1 fully saturated rings. The maximum Gasteiger partial charge on any atom is 0.260 e. The lowest BCUT2D eigenvalue weighted by molar-refractivity contribution is -0.0707. The summed E-state index contributed by atoms with van der Waals surface area (Å²) in [5.74, 6) is -2.27. The number of ether oxygens (including phenoxy) is 1. The Morgan fingerprint density at radius 1 is 1.36 bits per heavy atom. The molecule has 25 heavy (non-hydrogen) atoms. The second-order valence-electron chi connectivity index (χ2n) is 6.17. The number of anilines is 1. The van der Waals surface area contributed by atoms with E-state index in [0.29, 0.717) is 17.7 Å². The Hall–Kier alpha value is -1.90. The van der Waals surface area contributed by atoms with Crippen LogP contribution in [0.15, 0.2) is 23.6 Å². The Balaban J connectivity index is 1.62. The van der Waals surface area contributed by atoms with Crippen LogP contribution in [0.1, 0.15) is 29.9 Å². The topological polar surface area (TPSA) is 54.5 Å². The van der Waals surface area contributed by atoms with Gasteiger partial charge in [0.15, 0.2) is 5.13 Å². The van der Waals surface area contributed by atoms with E-state index >= 15 is 0 Å². The van der Waals surface area contributed by atoms with Crippen molar-refractivity contribution in [2.45, 2.75) is 32.6 Å². The highest BCUT2D eigenvalue weighted by atomic mass is 32.1.